The van der Waals surface area contributed by atoms with Gasteiger partial charge in [0.05, 0.1) is 11.4 Å². The SMILES string of the molecule is CC(C)(C)c1ccc(N(c2ccc(C(C)(C)C)cc2)c2cc3c(c4ccccc24)-c2c(ccc4ccccc24)C3(C(C)(C)C)C2(C(C)(C)C)c3ccc4ccccc4c3-c3c2cc(N(c2ccc(C(C)(C)C)cc2)c2ccc(C(C)(C)C)cc2)c2ccccc32)cc1. The van der Waals surface area contributed by atoms with Gasteiger partial charge in [-0.25, -0.2) is 0 Å². The first-order chi connectivity index (χ1) is 43.5. The molecule has 2 aliphatic carbocycles. The third kappa shape index (κ3) is 9.07. The van der Waals surface area contributed by atoms with Crippen LogP contribution in [0.5, 0.6) is 0 Å². The number of anilines is 6. The second-order valence-electron chi connectivity index (χ2n) is 33.0. The third-order valence-electron chi connectivity index (χ3n) is 21.3. The Morgan fingerprint density at radius 1 is 0.228 bits per heavy atom. The van der Waals surface area contributed by atoms with E-state index in [-0.39, 0.29) is 21.7 Å². The summed E-state index contributed by atoms with van der Waals surface area (Å²) in [6.45, 7) is 43.3. The number of hydrogen-bond donors (Lipinski definition) is 0. The first-order valence-electron chi connectivity index (χ1n) is 33.7. The van der Waals surface area contributed by atoms with Gasteiger partial charge >= 0.3 is 0 Å². The largest absolute Gasteiger partial charge is 0.310 e. The molecule has 0 amide bonds. The van der Waals surface area contributed by atoms with Crippen LogP contribution in [0.1, 0.15) is 169 Å². The highest BCUT2D eigenvalue weighted by Crippen LogP contribution is 2.77. The zero-order valence-corrected chi connectivity index (χ0v) is 57.8. The second kappa shape index (κ2) is 20.9. The van der Waals surface area contributed by atoms with Crippen molar-refractivity contribution in [2.75, 3.05) is 9.80 Å². The highest BCUT2D eigenvalue weighted by molar-refractivity contribution is 6.19. The van der Waals surface area contributed by atoms with Crippen LogP contribution in [0.2, 0.25) is 0 Å². The number of nitrogens with zero attached hydrogens (tertiary/aromatic N) is 2. The van der Waals surface area contributed by atoms with E-state index in [4.69, 9.17) is 0 Å². The molecule has 2 aliphatic rings. The zero-order chi connectivity index (χ0) is 65.0. The van der Waals surface area contributed by atoms with E-state index in [0.717, 1.165) is 22.7 Å². The minimum absolute atomic E-state index is 0.0186. The molecule has 0 bridgehead atoms. The Balaban J connectivity index is 1.19. The molecule has 0 N–H and O–H groups in total. The van der Waals surface area contributed by atoms with Crippen LogP contribution in [-0.4, -0.2) is 0 Å². The number of rotatable bonds is 7. The van der Waals surface area contributed by atoms with Gasteiger partial charge < -0.3 is 9.80 Å². The van der Waals surface area contributed by atoms with Gasteiger partial charge in [0.25, 0.3) is 0 Å². The number of hydrogen-bond acceptors (Lipinski definition) is 2. The van der Waals surface area contributed by atoms with Crippen LogP contribution in [-0.2, 0) is 32.5 Å². The lowest BCUT2D eigenvalue weighted by Crippen LogP contribution is -2.62. The highest BCUT2D eigenvalue weighted by atomic mass is 15.2. The standard InChI is InChI=1S/C90H92N2/c1-83(2,3)59-37-45-63(46-38-59)91(64-47-39-60(40-48-64)84(4,5)6)77-55-75-81(71-33-25-23-31-69(71)77)79-67-29-21-19-27-57(67)35-53-73(79)89(75,87(13,14)15)90(88(16,17)18)74-54-36-58-28-20-22-30-68(58)80(74)82-72-34-26-24-32-70(72)78(56-76(82)90)92(65-49-41-61(42-50-65)85(7,8)9)66-51-43-62(44-52-66)86(10,11)12/h19-56H,1-18H3. The third-order valence-corrected chi connectivity index (χ3v) is 21.3. The Kier molecular flexibility index (Phi) is 13.8. The van der Waals surface area contributed by atoms with Crippen molar-refractivity contribution in [2.45, 2.75) is 157 Å². The Bertz CT molecular complexity index is 4450. The average molecular weight is 1200 g/mol. The lowest BCUT2D eigenvalue weighted by atomic mass is 9.39. The normalized spacial score (nSPS) is 16.7. The van der Waals surface area contributed by atoms with Crippen LogP contribution in [0.15, 0.2) is 231 Å². The van der Waals surface area contributed by atoms with Crippen LogP contribution in [0, 0.1) is 10.8 Å². The van der Waals surface area contributed by atoms with Crippen molar-refractivity contribution in [3.8, 4) is 22.3 Å². The summed E-state index contributed by atoms with van der Waals surface area (Å²) in [4.78, 5) is 5.17. The molecule has 2 atom stereocenters. The second-order valence-corrected chi connectivity index (χ2v) is 33.0. The van der Waals surface area contributed by atoms with Crippen molar-refractivity contribution in [1.82, 2.24) is 0 Å². The minimum atomic E-state index is -0.778. The van der Waals surface area contributed by atoms with Crippen molar-refractivity contribution in [3.63, 3.8) is 0 Å². The van der Waals surface area contributed by atoms with Gasteiger partial charge in [-0.2, -0.15) is 0 Å². The molecule has 0 fully saturated rings. The van der Waals surface area contributed by atoms with Crippen molar-refractivity contribution in [3.05, 3.63) is 275 Å². The molecule has 2 nitrogen and oxygen atoms in total. The van der Waals surface area contributed by atoms with Gasteiger partial charge in [-0.05, 0) is 192 Å². The van der Waals surface area contributed by atoms with Gasteiger partial charge in [0.15, 0.2) is 0 Å². The average Bonchev–Trinajstić information content (AvgIpc) is 1.44. The lowest BCUT2D eigenvalue weighted by Gasteiger charge is -2.62. The fraction of sp³-hybridized carbons (Fsp3) is 0.289. The van der Waals surface area contributed by atoms with Gasteiger partial charge in [-0.1, -0.05) is 294 Å². The Labute approximate surface area is 549 Å². The van der Waals surface area contributed by atoms with E-state index >= 15 is 0 Å². The van der Waals surface area contributed by atoms with Gasteiger partial charge in [0, 0.05) is 44.4 Å². The fourth-order valence-electron chi connectivity index (χ4n) is 17.1. The molecule has 12 aromatic carbocycles. The maximum absolute atomic E-state index is 2.71. The van der Waals surface area contributed by atoms with E-state index in [1.807, 2.05) is 0 Å². The van der Waals surface area contributed by atoms with E-state index in [2.05, 4.69) is 365 Å². The number of benzene rings is 12. The molecule has 0 aromatic heterocycles. The van der Waals surface area contributed by atoms with E-state index in [0.29, 0.717) is 0 Å². The van der Waals surface area contributed by atoms with E-state index < -0.39 is 21.7 Å². The predicted molar refractivity (Wildman–Crippen MR) is 398 cm³/mol. The quantitative estimate of drug-likeness (QED) is 0.157. The summed E-state index contributed by atoms with van der Waals surface area (Å²) >= 11 is 0. The topological polar surface area (TPSA) is 6.48 Å². The summed E-state index contributed by atoms with van der Waals surface area (Å²) < 4.78 is 0. The maximum atomic E-state index is 2.71. The minimum Gasteiger partial charge on any atom is -0.310 e. The van der Waals surface area contributed by atoms with Crippen molar-refractivity contribution < 1.29 is 0 Å². The molecule has 0 saturated heterocycles. The summed E-state index contributed by atoms with van der Waals surface area (Å²) in [6, 6.07) is 90.5. The molecule has 0 aliphatic heterocycles. The molecule has 2 unspecified atom stereocenters. The lowest BCUT2D eigenvalue weighted by molar-refractivity contribution is 0.0596. The smallest absolute Gasteiger partial charge is 0.0543 e. The van der Waals surface area contributed by atoms with Crippen LogP contribution in [0.25, 0.3) is 65.3 Å². The molecule has 0 spiro atoms. The van der Waals surface area contributed by atoms with E-state index in [9.17, 15) is 0 Å². The molecule has 92 heavy (non-hydrogen) atoms. The van der Waals surface area contributed by atoms with Crippen LogP contribution in [0.3, 0.4) is 0 Å². The monoisotopic (exact) mass is 1200 g/mol. The predicted octanol–water partition coefficient (Wildman–Crippen LogP) is 25.8. The maximum Gasteiger partial charge on any atom is 0.0543 e. The van der Waals surface area contributed by atoms with Gasteiger partial charge in [-0.15, -0.1) is 0 Å². The van der Waals surface area contributed by atoms with E-state index in [1.165, 1.54) is 121 Å². The summed E-state index contributed by atoms with van der Waals surface area (Å²) in [5.74, 6) is 0. The summed E-state index contributed by atoms with van der Waals surface area (Å²) in [6.07, 6.45) is 0. The zero-order valence-electron chi connectivity index (χ0n) is 57.8. The molecular weight excluding hydrogens is 1110 g/mol. The van der Waals surface area contributed by atoms with Gasteiger partial charge in [-0.3, -0.25) is 0 Å². The molecule has 2 heteroatoms. The first kappa shape index (κ1) is 60.8. The molecule has 462 valence electrons. The molecule has 14 rings (SSSR count). The molecule has 0 heterocycles. The molecule has 0 saturated carbocycles. The number of fused-ring (bicyclic) bond motifs is 14. The summed E-state index contributed by atoms with van der Waals surface area (Å²) in [5, 5.41) is 10.0. The van der Waals surface area contributed by atoms with Crippen molar-refractivity contribution >= 4 is 77.2 Å². The first-order valence-corrected chi connectivity index (χ1v) is 33.7. The summed E-state index contributed by atoms with van der Waals surface area (Å²) in [5.41, 5.74) is 20.3. The molecule has 0 radical (unpaired) electrons. The van der Waals surface area contributed by atoms with Crippen molar-refractivity contribution in [2.24, 2.45) is 10.8 Å². The van der Waals surface area contributed by atoms with Gasteiger partial charge in [0.2, 0.25) is 0 Å². The fourth-order valence-corrected chi connectivity index (χ4v) is 17.1. The van der Waals surface area contributed by atoms with Gasteiger partial charge in [0.1, 0.15) is 0 Å². The van der Waals surface area contributed by atoms with Crippen LogP contribution in [0.4, 0.5) is 34.1 Å². The molecule has 12 aromatic rings. The summed E-state index contributed by atoms with van der Waals surface area (Å²) in [7, 11) is 0. The Morgan fingerprint density at radius 3 is 0.728 bits per heavy atom. The Hall–Kier alpha value is -8.72. The van der Waals surface area contributed by atoms with Crippen molar-refractivity contribution in [1.29, 1.82) is 0 Å². The van der Waals surface area contributed by atoms with Crippen LogP contribution >= 0.6 is 0 Å². The molecular formula is C90H92N2. The van der Waals surface area contributed by atoms with Crippen LogP contribution < -0.4 is 9.80 Å². The Morgan fingerprint density at radius 2 is 0.467 bits per heavy atom. The van der Waals surface area contributed by atoms with E-state index in [1.54, 1.807) is 0 Å². The highest BCUT2D eigenvalue weighted by Gasteiger charge is 2.71.